The highest BCUT2D eigenvalue weighted by Gasteiger charge is 2.34. The van der Waals surface area contributed by atoms with Crippen molar-refractivity contribution in [1.29, 1.82) is 0 Å². The molecule has 194 valence electrons. The Morgan fingerprint density at radius 2 is 1.81 bits per heavy atom. The van der Waals surface area contributed by atoms with Gasteiger partial charge in [-0.1, -0.05) is 50.3 Å². The Balaban J connectivity index is 1.50. The Kier molecular flexibility index (Phi) is 8.58. The fraction of sp³-hybridized carbons (Fsp3) is 0.500. The van der Waals surface area contributed by atoms with Crippen LogP contribution in [0.15, 0.2) is 66.5 Å². The zero-order valence-electron chi connectivity index (χ0n) is 22.8. The molecule has 4 rings (SSSR count). The Morgan fingerprint density at radius 3 is 2.50 bits per heavy atom. The van der Waals surface area contributed by atoms with E-state index in [1.807, 2.05) is 12.1 Å². The van der Waals surface area contributed by atoms with Gasteiger partial charge in [-0.3, -0.25) is 4.90 Å². The number of phenols is 1. The van der Waals surface area contributed by atoms with Crippen LogP contribution in [0.3, 0.4) is 0 Å². The summed E-state index contributed by atoms with van der Waals surface area (Å²) in [5.41, 5.74) is 5.52. The van der Waals surface area contributed by atoms with Crippen molar-refractivity contribution in [3.05, 3.63) is 88.7 Å². The maximum Gasteiger partial charge on any atom is 0.116 e. The second-order valence-corrected chi connectivity index (χ2v) is 11.1. The first-order chi connectivity index (χ1) is 17.3. The van der Waals surface area contributed by atoms with Crippen molar-refractivity contribution in [2.75, 3.05) is 20.2 Å². The van der Waals surface area contributed by atoms with Crippen molar-refractivity contribution < 1.29 is 9.84 Å². The van der Waals surface area contributed by atoms with Gasteiger partial charge >= 0.3 is 0 Å². The number of allylic oxidation sites excluding steroid dienone is 1. The van der Waals surface area contributed by atoms with E-state index in [0.29, 0.717) is 23.6 Å². The third-order valence-corrected chi connectivity index (χ3v) is 7.99. The number of nitrogens with zero attached hydrogens (tertiary/aromatic N) is 1. The van der Waals surface area contributed by atoms with E-state index in [2.05, 4.69) is 86.5 Å². The SMILES string of the molecule is CCNC(C)(C)Cc1ccc(CN(CC)C2C=C(OC)C=CC2[C@@H]2CCc3cc(O)ccc3C2)cc1. The number of aryl methyl sites for hydroxylation is 1. The molecule has 2 aromatic carbocycles. The number of hydrogen-bond acceptors (Lipinski definition) is 4. The second kappa shape index (κ2) is 11.7. The molecule has 2 aromatic rings. The van der Waals surface area contributed by atoms with Gasteiger partial charge in [-0.2, -0.15) is 0 Å². The number of aromatic hydroxyl groups is 1. The summed E-state index contributed by atoms with van der Waals surface area (Å²) in [4.78, 5) is 2.59. The minimum Gasteiger partial charge on any atom is -0.508 e. The Hall–Kier alpha value is -2.56. The largest absolute Gasteiger partial charge is 0.508 e. The van der Waals surface area contributed by atoms with Crippen LogP contribution in [0.1, 0.15) is 56.4 Å². The summed E-state index contributed by atoms with van der Waals surface area (Å²) >= 11 is 0. The zero-order valence-corrected chi connectivity index (χ0v) is 22.8. The second-order valence-electron chi connectivity index (χ2n) is 11.1. The van der Waals surface area contributed by atoms with Crippen LogP contribution in [0, 0.1) is 11.8 Å². The lowest BCUT2D eigenvalue weighted by Crippen LogP contribution is -2.43. The molecule has 2 unspecified atom stereocenters. The van der Waals surface area contributed by atoms with Crippen LogP contribution in [-0.2, 0) is 30.5 Å². The molecule has 36 heavy (non-hydrogen) atoms. The van der Waals surface area contributed by atoms with Crippen LogP contribution in [0.2, 0.25) is 0 Å². The summed E-state index contributed by atoms with van der Waals surface area (Å²) in [6.45, 7) is 11.9. The lowest BCUT2D eigenvalue weighted by atomic mass is 9.72. The van der Waals surface area contributed by atoms with E-state index in [1.54, 1.807) is 7.11 Å². The van der Waals surface area contributed by atoms with Crippen LogP contribution >= 0.6 is 0 Å². The van der Waals surface area contributed by atoms with Gasteiger partial charge in [-0.05, 0) is 111 Å². The fourth-order valence-electron chi connectivity index (χ4n) is 6.15. The molecular weight excluding hydrogens is 444 g/mol. The standard InChI is InChI=1S/C32H44N2O2/c1-6-33-32(3,4)21-23-8-10-24(11-9-23)22-34(7-2)31-20-29(36-5)16-17-30(31)27-13-12-26-19-28(35)15-14-25(26)18-27/h8-11,14-17,19-20,27,30-31,33,35H,6-7,12-13,18,21-22H2,1-5H3/t27-,30?,31?/m1/s1. The maximum absolute atomic E-state index is 9.90. The molecule has 0 bridgehead atoms. The molecule has 4 heteroatoms. The Morgan fingerprint density at radius 1 is 1.06 bits per heavy atom. The molecular formula is C32H44N2O2. The first-order valence-electron chi connectivity index (χ1n) is 13.6. The first kappa shape index (κ1) is 26.5. The van der Waals surface area contributed by atoms with Crippen LogP contribution in [0.25, 0.3) is 0 Å². The molecule has 0 aliphatic heterocycles. The van der Waals surface area contributed by atoms with Gasteiger partial charge in [0.15, 0.2) is 0 Å². The number of rotatable bonds is 10. The number of benzene rings is 2. The molecule has 0 radical (unpaired) electrons. The van der Waals surface area contributed by atoms with Gasteiger partial charge in [0.05, 0.1) is 7.11 Å². The van der Waals surface area contributed by atoms with Gasteiger partial charge in [0.2, 0.25) is 0 Å². The van der Waals surface area contributed by atoms with Gasteiger partial charge in [-0.25, -0.2) is 0 Å². The highest BCUT2D eigenvalue weighted by atomic mass is 16.5. The monoisotopic (exact) mass is 488 g/mol. The molecule has 3 atom stereocenters. The van der Waals surface area contributed by atoms with Crippen molar-refractivity contribution in [2.45, 2.75) is 71.5 Å². The molecule has 4 nitrogen and oxygen atoms in total. The first-order valence-corrected chi connectivity index (χ1v) is 13.6. The molecule has 0 spiro atoms. The molecule has 0 saturated carbocycles. The zero-order chi connectivity index (χ0) is 25.7. The van der Waals surface area contributed by atoms with Gasteiger partial charge in [0, 0.05) is 18.1 Å². The van der Waals surface area contributed by atoms with Crippen molar-refractivity contribution in [2.24, 2.45) is 11.8 Å². The number of ether oxygens (including phenoxy) is 1. The molecule has 0 amide bonds. The highest BCUT2D eigenvalue weighted by Crippen LogP contribution is 2.38. The average Bonchev–Trinajstić information content (AvgIpc) is 2.87. The number of hydrogen-bond donors (Lipinski definition) is 2. The van der Waals surface area contributed by atoms with E-state index in [9.17, 15) is 5.11 Å². The lowest BCUT2D eigenvalue weighted by molar-refractivity contribution is 0.147. The van der Waals surface area contributed by atoms with E-state index >= 15 is 0 Å². The molecule has 2 aliphatic carbocycles. The lowest BCUT2D eigenvalue weighted by Gasteiger charge is -2.41. The van der Waals surface area contributed by atoms with E-state index < -0.39 is 0 Å². The molecule has 0 saturated heterocycles. The minimum atomic E-state index is 0.103. The maximum atomic E-state index is 9.90. The summed E-state index contributed by atoms with van der Waals surface area (Å²) in [5.74, 6) is 2.34. The molecule has 2 aliphatic rings. The summed E-state index contributed by atoms with van der Waals surface area (Å²) in [5, 5.41) is 13.5. The number of methoxy groups -OCH3 is 1. The van der Waals surface area contributed by atoms with Crippen LogP contribution in [0.5, 0.6) is 5.75 Å². The fourth-order valence-corrected chi connectivity index (χ4v) is 6.15. The minimum absolute atomic E-state index is 0.103. The van der Waals surface area contributed by atoms with Crippen LogP contribution < -0.4 is 5.32 Å². The molecule has 2 N–H and O–H groups in total. The quantitative estimate of drug-likeness (QED) is 0.428. The summed E-state index contributed by atoms with van der Waals surface area (Å²) in [6, 6.07) is 15.4. The number of nitrogens with one attached hydrogen (secondary N) is 1. The Bertz CT molecular complexity index is 1070. The summed E-state index contributed by atoms with van der Waals surface area (Å²) in [6.07, 6.45) is 11.1. The van der Waals surface area contributed by atoms with Gasteiger partial charge in [-0.15, -0.1) is 0 Å². The normalized spacial score (nSPS) is 21.8. The van der Waals surface area contributed by atoms with Crippen molar-refractivity contribution in [3.8, 4) is 5.75 Å². The highest BCUT2D eigenvalue weighted by molar-refractivity contribution is 5.37. The van der Waals surface area contributed by atoms with Crippen molar-refractivity contribution >= 4 is 0 Å². The molecule has 0 aromatic heterocycles. The topological polar surface area (TPSA) is 44.7 Å². The van der Waals surface area contributed by atoms with Crippen LogP contribution in [-0.4, -0.2) is 41.8 Å². The van der Waals surface area contributed by atoms with E-state index in [4.69, 9.17) is 4.74 Å². The summed E-state index contributed by atoms with van der Waals surface area (Å²) < 4.78 is 5.67. The number of fused-ring (bicyclic) bond motifs is 1. The third-order valence-electron chi connectivity index (χ3n) is 7.99. The van der Waals surface area contributed by atoms with Crippen molar-refractivity contribution in [3.63, 3.8) is 0 Å². The van der Waals surface area contributed by atoms with Crippen molar-refractivity contribution in [1.82, 2.24) is 10.2 Å². The average molecular weight is 489 g/mol. The van der Waals surface area contributed by atoms with Gasteiger partial charge in [0.1, 0.15) is 11.5 Å². The van der Waals surface area contributed by atoms with Gasteiger partial charge < -0.3 is 15.2 Å². The number of likely N-dealkylation sites (N-methyl/N-ethyl adjacent to an activating group) is 2. The number of phenolic OH excluding ortho intramolecular Hbond substituents is 1. The van der Waals surface area contributed by atoms with Crippen LogP contribution in [0.4, 0.5) is 0 Å². The summed E-state index contributed by atoms with van der Waals surface area (Å²) in [7, 11) is 1.76. The smallest absolute Gasteiger partial charge is 0.116 e. The predicted octanol–water partition coefficient (Wildman–Crippen LogP) is 6.03. The Labute approximate surface area is 218 Å². The van der Waals surface area contributed by atoms with E-state index in [-0.39, 0.29) is 5.54 Å². The third kappa shape index (κ3) is 6.41. The van der Waals surface area contributed by atoms with E-state index in [1.165, 1.54) is 22.3 Å². The molecule has 0 heterocycles. The predicted molar refractivity (Wildman–Crippen MR) is 149 cm³/mol. The molecule has 0 fully saturated rings. The van der Waals surface area contributed by atoms with E-state index in [0.717, 1.165) is 51.1 Å². The van der Waals surface area contributed by atoms with Gasteiger partial charge in [0.25, 0.3) is 0 Å².